The number of fused-ring (bicyclic) bond motifs is 1. The molecule has 1 heterocycles. The highest BCUT2D eigenvalue weighted by Gasteiger charge is 2.20. The van der Waals surface area contributed by atoms with Crippen LogP contribution >= 0.6 is 34.7 Å². The number of benzene rings is 1. The van der Waals surface area contributed by atoms with Gasteiger partial charge in [0.2, 0.25) is 0 Å². The van der Waals surface area contributed by atoms with Gasteiger partial charge in [0.25, 0.3) is 0 Å². The summed E-state index contributed by atoms with van der Waals surface area (Å²) in [7, 11) is 0. The number of carbonyl (C=O) groups excluding carboxylic acids is 2. The lowest BCUT2D eigenvalue weighted by molar-refractivity contribution is -0.139. The van der Waals surface area contributed by atoms with Crippen molar-refractivity contribution in [3.05, 3.63) is 33.7 Å². The second kappa shape index (κ2) is 8.57. The van der Waals surface area contributed by atoms with Crippen molar-refractivity contribution in [1.82, 2.24) is 0 Å². The molecule has 0 amide bonds. The fourth-order valence-corrected chi connectivity index (χ4v) is 4.39. The highest BCUT2D eigenvalue weighted by atomic mass is 35.5. The summed E-state index contributed by atoms with van der Waals surface area (Å²) in [4.78, 5) is 23.8. The average molecular weight is 373 g/mol. The molecule has 0 unspecified atom stereocenters. The molecule has 0 saturated heterocycles. The molecule has 0 aliphatic heterocycles. The number of carbonyl (C=O) groups is 2. The van der Waals surface area contributed by atoms with Gasteiger partial charge in [0.15, 0.2) is 0 Å². The van der Waals surface area contributed by atoms with Gasteiger partial charge in [0.05, 0.1) is 24.0 Å². The monoisotopic (exact) mass is 372 g/mol. The van der Waals surface area contributed by atoms with Gasteiger partial charge in [0, 0.05) is 15.8 Å². The summed E-state index contributed by atoms with van der Waals surface area (Å²) in [5.74, 6) is 0.281. The van der Waals surface area contributed by atoms with Crippen LogP contribution in [0.3, 0.4) is 0 Å². The standard InChI is InChI=1S/C16H17ClO4S2/c1-3-20-12(18)9-22-8-10-6-5-7-11-13(10)14(17)15(23-11)16(19)21-4-2/h5-7H,3-4,8-9H2,1-2H3. The van der Waals surface area contributed by atoms with Crippen LogP contribution in [-0.4, -0.2) is 30.9 Å². The van der Waals surface area contributed by atoms with Crippen molar-refractivity contribution in [2.75, 3.05) is 19.0 Å². The molecule has 0 N–H and O–H groups in total. The van der Waals surface area contributed by atoms with E-state index >= 15 is 0 Å². The molecular formula is C16H17ClO4S2. The zero-order valence-electron chi connectivity index (χ0n) is 12.9. The van der Waals surface area contributed by atoms with Crippen LogP contribution in [0, 0.1) is 0 Å². The largest absolute Gasteiger partial charge is 0.465 e. The Labute approximate surface area is 148 Å². The van der Waals surface area contributed by atoms with Gasteiger partial charge in [-0.05, 0) is 25.5 Å². The molecule has 1 aromatic heterocycles. The fourth-order valence-electron chi connectivity index (χ4n) is 2.07. The van der Waals surface area contributed by atoms with Gasteiger partial charge in [-0.25, -0.2) is 4.79 Å². The normalized spacial score (nSPS) is 10.7. The molecule has 0 fully saturated rings. The number of thiophene rings is 1. The molecule has 0 spiro atoms. The summed E-state index contributed by atoms with van der Waals surface area (Å²) >= 11 is 9.18. The Morgan fingerprint density at radius 3 is 2.65 bits per heavy atom. The third kappa shape index (κ3) is 4.40. The van der Waals surface area contributed by atoms with Gasteiger partial charge in [-0.3, -0.25) is 4.79 Å². The third-order valence-electron chi connectivity index (χ3n) is 2.99. The SMILES string of the molecule is CCOC(=O)CSCc1cccc2sc(C(=O)OCC)c(Cl)c12. The van der Waals surface area contributed by atoms with E-state index in [1.54, 1.807) is 13.8 Å². The van der Waals surface area contributed by atoms with Gasteiger partial charge in [0.1, 0.15) is 4.88 Å². The first-order chi connectivity index (χ1) is 11.1. The van der Waals surface area contributed by atoms with Gasteiger partial charge < -0.3 is 9.47 Å². The topological polar surface area (TPSA) is 52.6 Å². The molecule has 23 heavy (non-hydrogen) atoms. The first-order valence-corrected chi connectivity index (χ1v) is 9.53. The van der Waals surface area contributed by atoms with Crippen molar-refractivity contribution < 1.29 is 19.1 Å². The van der Waals surface area contributed by atoms with E-state index in [-0.39, 0.29) is 11.7 Å². The Kier molecular flexibility index (Phi) is 6.74. The predicted molar refractivity (Wildman–Crippen MR) is 95.6 cm³/mol. The number of halogens is 1. The number of thioether (sulfide) groups is 1. The molecule has 0 bridgehead atoms. The molecule has 2 rings (SSSR count). The van der Waals surface area contributed by atoms with Crippen LogP contribution in [0.2, 0.25) is 5.02 Å². The second-order valence-corrected chi connectivity index (χ2v) is 6.97. The Hall–Kier alpha value is -1.24. The van der Waals surface area contributed by atoms with Gasteiger partial charge in [-0.2, -0.15) is 0 Å². The molecule has 0 saturated carbocycles. The summed E-state index contributed by atoms with van der Waals surface area (Å²) in [5.41, 5.74) is 0.994. The van der Waals surface area contributed by atoms with E-state index in [0.29, 0.717) is 28.9 Å². The first-order valence-electron chi connectivity index (χ1n) is 7.18. The molecule has 4 nitrogen and oxygen atoms in total. The molecule has 0 aliphatic carbocycles. The van der Waals surface area contributed by atoms with Gasteiger partial charge in [-0.15, -0.1) is 23.1 Å². The van der Waals surface area contributed by atoms with E-state index in [0.717, 1.165) is 15.6 Å². The van der Waals surface area contributed by atoms with Crippen LogP contribution in [-0.2, 0) is 20.0 Å². The van der Waals surface area contributed by atoms with Gasteiger partial charge in [-0.1, -0.05) is 23.7 Å². The summed E-state index contributed by atoms with van der Waals surface area (Å²) in [6.07, 6.45) is 0. The summed E-state index contributed by atoms with van der Waals surface area (Å²) in [6, 6.07) is 5.80. The summed E-state index contributed by atoms with van der Waals surface area (Å²) in [6.45, 7) is 4.24. The van der Waals surface area contributed by atoms with Crippen molar-refractivity contribution >= 4 is 56.7 Å². The predicted octanol–water partition coefficient (Wildman–Crippen LogP) is 4.53. The van der Waals surface area contributed by atoms with E-state index < -0.39 is 5.97 Å². The average Bonchev–Trinajstić information content (AvgIpc) is 2.86. The quantitative estimate of drug-likeness (QED) is 0.668. The van der Waals surface area contributed by atoms with Crippen LogP contribution in [0.5, 0.6) is 0 Å². The Balaban J connectivity index is 2.20. The van der Waals surface area contributed by atoms with E-state index in [1.807, 2.05) is 18.2 Å². The first kappa shape index (κ1) is 18.1. The van der Waals surface area contributed by atoms with Crippen LogP contribution in [0.15, 0.2) is 18.2 Å². The Morgan fingerprint density at radius 2 is 1.96 bits per heavy atom. The maximum absolute atomic E-state index is 12.0. The molecule has 2 aromatic rings. The maximum Gasteiger partial charge on any atom is 0.349 e. The lowest BCUT2D eigenvalue weighted by Crippen LogP contribution is -2.06. The van der Waals surface area contributed by atoms with Crippen molar-refractivity contribution in [2.45, 2.75) is 19.6 Å². The molecular weight excluding hydrogens is 356 g/mol. The minimum atomic E-state index is -0.399. The van der Waals surface area contributed by atoms with E-state index in [9.17, 15) is 9.59 Å². The number of hydrogen-bond acceptors (Lipinski definition) is 6. The van der Waals surface area contributed by atoms with Crippen molar-refractivity contribution in [3.63, 3.8) is 0 Å². The lowest BCUT2D eigenvalue weighted by atomic mass is 10.1. The highest BCUT2D eigenvalue weighted by molar-refractivity contribution is 7.99. The van der Waals surface area contributed by atoms with Crippen LogP contribution in [0.1, 0.15) is 29.1 Å². The van der Waals surface area contributed by atoms with Crippen molar-refractivity contribution in [1.29, 1.82) is 0 Å². The Bertz CT molecular complexity index is 711. The zero-order chi connectivity index (χ0) is 16.8. The molecule has 0 aliphatic rings. The molecule has 124 valence electrons. The maximum atomic E-state index is 12.0. The highest BCUT2D eigenvalue weighted by Crippen LogP contribution is 2.38. The second-order valence-electron chi connectivity index (χ2n) is 4.55. The van der Waals surface area contributed by atoms with Crippen LogP contribution in [0.4, 0.5) is 0 Å². The van der Waals surface area contributed by atoms with E-state index in [4.69, 9.17) is 21.1 Å². The van der Waals surface area contributed by atoms with Crippen molar-refractivity contribution in [2.24, 2.45) is 0 Å². The fraction of sp³-hybridized carbons (Fsp3) is 0.375. The number of ether oxygens (including phenoxy) is 2. The minimum Gasteiger partial charge on any atom is -0.465 e. The third-order valence-corrected chi connectivity index (χ3v) is 5.57. The van der Waals surface area contributed by atoms with Crippen LogP contribution < -0.4 is 0 Å². The van der Waals surface area contributed by atoms with E-state index in [1.165, 1.54) is 23.1 Å². The van der Waals surface area contributed by atoms with Crippen LogP contribution in [0.25, 0.3) is 10.1 Å². The molecule has 0 radical (unpaired) electrons. The smallest absolute Gasteiger partial charge is 0.349 e. The molecule has 0 atom stereocenters. The summed E-state index contributed by atoms with van der Waals surface area (Å²) in [5, 5.41) is 1.29. The molecule has 7 heteroatoms. The summed E-state index contributed by atoms with van der Waals surface area (Å²) < 4.78 is 10.9. The van der Waals surface area contributed by atoms with Gasteiger partial charge >= 0.3 is 11.9 Å². The number of rotatable bonds is 7. The van der Waals surface area contributed by atoms with Crippen molar-refractivity contribution in [3.8, 4) is 0 Å². The molecule has 1 aromatic carbocycles. The number of hydrogen-bond donors (Lipinski definition) is 0. The lowest BCUT2D eigenvalue weighted by Gasteiger charge is -2.05. The Morgan fingerprint density at radius 1 is 1.22 bits per heavy atom. The zero-order valence-corrected chi connectivity index (χ0v) is 15.3. The minimum absolute atomic E-state index is 0.228. The van der Waals surface area contributed by atoms with E-state index in [2.05, 4.69) is 0 Å². The number of esters is 2.